The Hall–Kier alpha value is -1.44. The number of rotatable bonds is 6. The van der Waals surface area contributed by atoms with Gasteiger partial charge in [0.1, 0.15) is 6.61 Å². The highest BCUT2D eigenvalue weighted by atomic mass is 32.2. The first kappa shape index (κ1) is 16.6. The molecule has 0 radical (unpaired) electrons. The fourth-order valence-electron chi connectivity index (χ4n) is 1.38. The molecule has 0 aliphatic carbocycles. The van der Waals surface area contributed by atoms with E-state index in [2.05, 4.69) is 5.32 Å². The van der Waals surface area contributed by atoms with E-state index in [0.29, 0.717) is 5.69 Å². The minimum Gasteiger partial charge on any atom is -0.369 e. The van der Waals surface area contributed by atoms with Crippen LogP contribution >= 0.6 is 0 Å². The van der Waals surface area contributed by atoms with E-state index >= 15 is 0 Å². The van der Waals surface area contributed by atoms with Gasteiger partial charge >= 0.3 is 0 Å². The third-order valence-electron chi connectivity index (χ3n) is 2.44. The van der Waals surface area contributed by atoms with Gasteiger partial charge < -0.3 is 10.1 Å². The summed E-state index contributed by atoms with van der Waals surface area (Å²) in [6, 6.07) is 6.11. The van der Waals surface area contributed by atoms with Crippen molar-refractivity contribution in [3.63, 3.8) is 0 Å². The summed E-state index contributed by atoms with van der Waals surface area (Å²) in [5.41, 5.74) is 0.422. The van der Waals surface area contributed by atoms with Crippen molar-refractivity contribution in [2.24, 2.45) is 0 Å². The molecule has 6 nitrogen and oxygen atoms in total. The number of anilines is 1. The van der Waals surface area contributed by atoms with Gasteiger partial charge in [-0.15, -0.1) is 0 Å². The van der Waals surface area contributed by atoms with Crippen LogP contribution in [0.3, 0.4) is 0 Å². The fourth-order valence-corrected chi connectivity index (χ4v) is 2.33. The maximum Gasteiger partial charge on any atom is 0.250 e. The predicted octanol–water partition coefficient (Wildman–Crippen LogP) is 1.30. The van der Waals surface area contributed by atoms with Gasteiger partial charge in [-0.25, -0.2) is 12.7 Å². The summed E-state index contributed by atoms with van der Waals surface area (Å²) in [4.78, 5) is 11.7. The summed E-state index contributed by atoms with van der Waals surface area (Å²) in [7, 11) is -0.599. The number of amides is 1. The van der Waals surface area contributed by atoms with Crippen LogP contribution in [0.1, 0.15) is 13.8 Å². The van der Waals surface area contributed by atoms with Crippen LogP contribution in [0.5, 0.6) is 0 Å². The van der Waals surface area contributed by atoms with E-state index in [1.807, 2.05) is 13.8 Å². The first-order valence-corrected chi connectivity index (χ1v) is 7.61. The summed E-state index contributed by atoms with van der Waals surface area (Å²) < 4.78 is 30.2. The quantitative estimate of drug-likeness (QED) is 0.859. The number of benzene rings is 1. The van der Waals surface area contributed by atoms with Crippen molar-refractivity contribution in [3.05, 3.63) is 24.3 Å². The average molecular weight is 300 g/mol. The molecule has 0 aliphatic rings. The second kappa shape index (κ2) is 6.83. The zero-order valence-corrected chi connectivity index (χ0v) is 12.9. The molecule has 112 valence electrons. The van der Waals surface area contributed by atoms with E-state index < -0.39 is 10.0 Å². The zero-order valence-electron chi connectivity index (χ0n) is 12.1. The van der Waals surface area contributed by atoms with Gasteiger partial charge in [0.15, 0.2) is 0 Å². The molecule has 7 heteroatoms. The fraction of sp³-hybridized carbons (Fsp3) is 0.462. The van der Waals surface area contributed by atoms with Gasteiger partial charge in [-0.1, -0.05) is 6.07 Å². The minimum absolute atomic E-state index is 0.0406. The molecule has 0 aliphatic heterocycles. The Labute approximate surface area is 119 Å². The summed E-state index contributed by atoms with van der Waals surface area (Å²) >= 11 is 0. The Morgan fingerprint density at radius 1 is 1.35 bits per heavy atom. The highest BCUT2D eigenvalue weighted by Crippen LogP contribution is 2.17. The third-order valence-corrected chi connectivity index (χ3v) is 4.26. The molecule has 1 amide bonds. The standard InChI is InChI=1S/C13H20N2O4S/c1-10(2)19-9-13(16)14-11-6-5-7-12(8-11)20(17,18)15(3)4/h5-8,10H,9H2,1-4H3,(H,14,16). The van der Waals surface area contributed by atoms with Gasteiger partial charge in [0.25, 0.3) is 0 Å². The van der Waals surface area contributed by atoms with Crippen molar-refractivity contribution < 1.29 is 17.9 Å². The van der Waals surface area contributed by atoms with Crippen LogP contribution < -0.4 is 5.32 Å². The lowest BCUT2D eigenvalue weighted by atomic mass is 10.3. The number of nitrogens with zero attached hydrogens (tertiary/aromatic N) is 1. The van der Waals surface area contributed by atoms with Crippen molar-refractivity contribution in [2.75, 3.05) is 26.0 Å². The number of sulfonamides is 1. The number of ether oxygens (including phenoxy) is 1. The Bertz CT molecular complexity index is 567. The molecule has 1 aromatic carbocycles. The largest absolute Gasteiger partial charge is 0.369 e. The monoisotopic (exact) mass is 300 g/mol. The topological polar surface area (TPSA) is 75.7 Å². The van der Waals surface area contributed by atoms with Crippen LogP contribution in [-0.2, 0) is 19.6 Å². The Morgan fingerprint density at radius 3 is 2.55 bits per heavy atom. The molecule has 0 saturated carbocycles. The maximum atomic E-state index is 12.0. The van der Waals surface area contributed by atoms with Crippen LogP contribution in [0.4, 0.5) is 5.69 Å². The van der Waals surface area contributed by atoms with E-state index in [4.69, 9.17) is 4.74 Å². The molecule has 0 heterocycles. The van der Waals surface area contributed by atoms with Crippen LogP contribution in [0.15, 0.2) is 29.2 Å². The van der Waals surface area contributed by atoms with Crippen molar-refractivity contribution in [3.8, 4) is 0 Å². The summed E-state index contributed by atoms with van der Waals surface area (Å²) in [6.07, 6.45) is -0.0406. The second-order valence-corrected chi connectivity index (χ2v) is 6.88. The summed E-state index contributed by atoms with van der Waals surface area (Å²) in [5, 5.41) is 2.60. The molecule has 0 fully saturated rings. The van der Waals surface area contributed by atoms with Gasteiger partial charge in [-0.3, -0.25) is 4.79 Å². The molecule has 0 atom stereocenters. The van der Waals surface area contributed by atoms with Crippen molar-refractivity contribution in [1.29, 1.82) is 0 Å². The lowest BCUT2D eigenvalue weighted by molar-refractivity contribution is -0.121. The normalized spacial score (nSPS) is 11.9. The molecule has 0 aromatic heterocycles. The van der Waals surface area contributed by atoms with Gasteiger partial charge in [-0.2, -0.15) is 0 Å². The molecule has 1 rings (SSSR count). The maximum absolute atomic E-state index is 12.0. The number of nitrogens with one attached hydrogen (secondary N) is 1. The van der Waals surface area contributed by atoms with E-state index in [1.54, 1.807) is 12.1 Å². The Balaban J connectivity index is 2.82. The zero-order chi connectivity index (χ0) is 15.3. The molecule has 0 unspecified atom stereocenters. The van der Waals surface area contributed by atoms with E-state index in [-0.39, 0.29) is 23.5 Å². The Morgan fingerprint density at radius 2 is 2.00 bits per heavy atom. The first-order chi connectivity index (χ1) is 9.23. The summed E-state index contributed by atoms with van der Waals surface area (Å²) in [5.74, 6) is -0.321. The molecule has 0 spiro atoms. The van der Waals surface area contributed by atoms with Crippen LogP contribution in [-0.4, -0.2) is 45.4 Å². The number of hydrogen-bond donors (Lipinski definition) is 1. The van der Waals surface area contributed by atoms with Crippen LogP contribution in [0.25, 0.3) is 0 Å². The smallest absolute Gasteiger partial charge is 0.250 e. The molecule has 1 aromatic rings. The second-order valence-electron chi connectivity index (χ2n) is 4.72. The summed E-state index contributed by atoms with van der Waals surface area (Å²) in [6.45, 7) is 3.59. The SMILES string of the molecule is CC(C)OCC(=O)Nc1cccc(S(=O)(=O)N(C)C)c1. The predicted molar refractivity (Wildman–Crippen MR) is 77.0 cm³/mol. The van der Waals surface area contributed by atoms with Gasteiger partial charge in [-0.05, 0) is 32.0 Å². The van der Waals surface area contributed by atoms with Crippen LogP contribution in [0, 0.1) is 0 Å². The van der Waals surface area contributed by atoms with E-state index in [1.165, 1.54) is 26.2 Å². The molecule has 1 N–H and O–H groups in total. The van der Waals surface area contributed by atoms with E-state index in [0.717, 1.165) is 4.31 Å². The van der Waals surface area contributed by atoms with Crippen molar-refractivity contribution in [2.45, 2.75) is 24.8 Å². The van der Waals surface area contributed by atoms with Crippen molar-refractivity contribution in [1.82, 2.24) is 4.31 Å². The molecule has 20 heavy (non-hydrogen) atoms. The number of hydrogen-bond acceptors (Lipinski definition) is 4. The number of carbonyl (C=O) groups excluding carboxylic acids is 1. The van der Waals surface area contributed by atoms with Gasteiger partial charge in [0.2, 0.25) is 15.9 Å². The molecule has 0 saturated heterocycles. The molecule has 0 bridgehead atoms. The lowest BCUT2D eigenvalue weighted by Gasteiger charge is -2.13. The highest BCUT2D eigenvalue weighted by Gasteiger charge is 2.17. The Kier molecular flexibility index (Phi) is 5.67. The average Bonchev–Trinajstić information content (AvgIpc) is 2.36. The van der Waals surface area contributed by atoms with Crippen LogP contribution in [0.2, 0.25) is 0 Å². The third kappa shape index (κ3) is 4.59. The first-order valence-electron chi connectivity index (χ1n) is 6.17. The van der Waals surface area contributed by atoms with Gasteiger partial charge in [0.05, 0.1) is 11.0 Å². The molecular formula is C13H20N2O4S. The molecular weight excluding hydrogens is 280 g/mol. The van der Waals surface area contributed by atoms with Gasteiger partial charge in [0, 0.05) is 19.8 Å². The number of carbonyl (C=O) groups is 1. The minimum atomic E-state index is -3.51. The highest BCUT2D eigenvalue weighted by molar-refractivity contribution is 7.89. The lowest BCUT2D eigenvalue weighted by Crippen LogP contribution is -2.23. The van der Waals surface area contributed by atoms with E-state index in [9.17, 15) is 13.2 Å². The van der Waals surface area contributed by atoms with Crippen molar-refractivity contribution >= 4 is 21.6 Å².